The van der Waals surface area contributed by atoms with Crippen molar-refractivity contribution in [3.8, 4) is 56.4 Å². The summed E-state index contributed by atoms with van der Waals surface area (Å²) < 4.78 is 6.50. The third-order valence-electron chi connectivity index (χ3n) is 10.7. The lowest BCUT2D eigenvalue weighted by atomic mass is 9.92. The maximum Gasteiger partial charge on any atom is 0.164 e. The molecule has 0 saturated heterocycles. The van der Waals surface area contributed by atoms with Gasteiger partial charge in [0, 0.05) is 27.5 Å². The highest BCUT2D eigenvalue weighted by Crippen LogP contribution is 2.39. The molecule has 2 heterocycles. The molecule has 4 nitrogen and oxygen atoms in total. The van der Waals surface area contributed by atoms with Gasteiger partial charge in [-0.05, 0) is 91.0 Å². The summed E-state index contributed by atoms with van der Waals surface area (Å²) in [7, 11) is 0. The standard InChI is InChI=1S/C51H31N3O/c1-3-12-32(13-4-1)34-16-11-17-37(28-34)50-52-49(33-14-5-2-6-15-33)53-51(54-50)38-23-26-44-46-30-36(24-27-47(46)55-48(44)31-38)35-22-25-43-41-20-8-7-18-39(41)40-19-9-10-21-42(40)45(43)29-35/h1-31H. The maximum atomic E-state index is 6.50. The van der Waals surface area contributed by atoms with Gasteiger partial charge in [-0.1, -0.05) is 152 Å². The Kier molecular flexibility index (Phi) is 7.14. The molecule has 11 aromatic rings. The number of nitrogens with zero attached hydrogens (tertiary/aromatic N) is 3. The minimum absolute atomic E-state index is 0.591. The summed E-state index contributed by atoms with van der Waals surface area (Å²) in [5.74, 6) is 1.83. The van der Waals surface area contributed by atoms with Crippen LogP contribution in [0.5, 0.6) is 0 Å². The van der Waals surface area contributed by atoms with E-state index >= 15 is 0 Å². The van der Waals surface area contributed by atoms with Crippen LogP contribution in [-0.2, 0) is 0 Å². The minimum Gasteiger partial charge on any atom is -0.456 e. The summed E-state index contributed by atoms with van der Waals surface area (Å²) in [6.45, 7) is 0. The molecule has 0 aliphatic carbocycles. The van der Waals surface area contributed by atoms with Crippen molar-refractivity contribution in [2.45, 2.75) is 0 Å². The molecule has 0 N–H and O–H groups in total. The van der Waals surface area contributed by atoms with E-state index in [1.807, 2.05) is 36.4 Å². The second-order valence-electron chi connectivity index (χ2n) is 14.0. The van der Waals surface area contributed by atoms with E-state index in [-0.39, 0.29) is 0 Å². The fourth-order valence-electron chi connectivity index (χ4n) is 8.00. The molecule has 0 radical (unpaired) electrons. The molecule has 0 bridgehead atoms. The van der Waals surface area contributed by atoms with Gasteiger partial charge in [0.25, 0.3) is 0 Å². The Labute approximate surface area is 317 Å². The van der Waals surface area contributed by atoms with Crippen LogP contribution in [0, 0.1) is 0 Å². The molecule has 9 aromatic carbocycles. The van der Waals surface area contributed by atoms with E-state index < -0.39 is 0 Å². The summed E-state index contributed by atoms with van der Waals surface area (Å²) in [5.41, 5.74) is 8.91. The quantitative estimate of drug-likeness (QED) is 0.168. The number of rotatable bonds is 5. The van der Waals surface area contributed by atoms with Crippen molar-refractivity contribution < 1.29 is 4.42 Å². The molecule has 256 valence electrons. The molecular weight excluding hydrogens is 671 g/mol. The van der Waals surface area contributed by atoms with E-state index in [1.54, 1.807) is 0 Å². The van der Waals surface area contributed by atoms with Crippen LogP contribution in [0.15, 0.2) is 192 Å². The Morgan fingerprint density at radius 3 is 1.35 bits per heavy atom. The lowest BCUT2D eigenvalue weighted by Gasteiger charge is -2.12. The minimum atomic E-state index is 0.591. The Bertz CT molecular complexity index is 3220. The number of aromatic nitrogens is 3. The van der Waals surface area contributed by atoms with Crippen molar-refractivity contribution in [1.29, 1.82) is 0 Å². The van der Waals surface area contributed by atoms with Crippen molar-refractivity contribution in [3.05, 3.63) is 188 Å². The van der Waals surface area contributed by atoms with Crippen LogP contribution >= 0.6 is 0 Å². The molecule has 0 saturated carbocycles. The van der Waals surface area contributed by atoms with E-state index in [0.29, 0.717) is 17.5 Å². The summed E-state index contributed by atoms with van der Waals surface area (Å²) >= 11 is 0. The highest BCUT2D eigenvalue weighted by Gasteiger charge is 2.16. The van der Waals surface area contributed by atoms with E-state index in [0.717, 1.165) is 55.3 Å². The van der Waals surface area contributed by atoms with Crippen molar-refractivity contribution in [2.75, 3.05) is 0 Å². The van der Waals surface area contributed by atoms with Crippen LogP contribution in [-0.4, -0.2) is 15.0 Å². The maximum absolute atomic E-state index is 6.50. The molecule has 55 heavy (non-hydrogen) atoms. The largest absolute Gasteiger partial charge is 0.456 e. The van der Waals surface area contributed by atoms with E-state index in [4.69, 9.17) is 19.4 Å². The lowest BCUT2D eigenvalue weighted by molar-refractivity contribution is 0.669. The molecule has 0 aliphatic rings. The fraction of sp³-hybridized carbons (Fsp3) is 0. The second-order valence-corrected chi connectivity index (χ2v) is 14.0. The first kappa shape index (κ1) is 31.1. The van der Waals surface area contributed by atoms with Crippen molar-refractivity contribution >= 4 is 54.3 Å². The van der Waals surface area contributed by atoms with Gasteiger partial charge in [0.1, 0.15) is 11.2 Å². The highest BCUT2D eigenvalue weighted by atomic mass is 16.3. The van der Waals surface area contributed by atoms with E-state index in [9.17, 15) is 0 Å². The van der Waals surface area contributed by atoms with Gasteiger partial charge in [-0.25, -0.2) is 15.0 Å². The van der Waals surface area contributed by atoms with Crippen LogP contribution in [0.4, 0.5) is 0 Å². The molecule has 0 amide bonds. The normalized spacial score (nSPS) is 11.6. The summed E-state index contributed by atoms with van der Waals surface area (Å²) in [6.07, 6.45) is 0. The number of hydrogen-bond donors (Lipinski definition) is 0. The zero-order chi connectivity index (χ0) is 36.3. The second kappa shape index (κ2) is 12.6. The summed E-state index contributed by atoms with van der Waals surface area (Å²) in [6, 6.07) is 65.8. The van der Waals surface area contributed by atoms with E-state index in [2.05, 4.69) is 152 Å². The number of furan rings is 1. The predicted octanol–water partition coefficient (Wildman–Crippen LogP) is 13.6. The van der Waals surface area contributed by atoms with Gasteiger partial charge in [-0.2, -0.15) is 0 Å². The molecule has 11 rings (SSSR count). The first-order valence-corrected chi connectivity index (χ1v) is 18.5. The molecule has 0 spiro atoms. The monoisotopic (exact) mass is 701 g/mol. The molecule has 4 heteroatoms. The van der Waals surface area contributed by atoms with Crippen LogP contribution in [0.1, 0.15) is 0 Å². The predicted molar refractivity (Wildman–Crippen MR) is 227 cm³/mol. The summed E-state index contributed by atoms with van der Waals surface area (Å²) in [5, 5.41) is 9.74. The third-order valence-corrected chi connectivity index (χ3v) is 10.7. The molecule has 0 unspecified atom stereocenters. The van der Waals surface area contributed by atoms with Gasteiger partial charge in [-0.3, -0.25) is 0 Å². The smallest absolute Gasteiger partial charge is 0.164 e. The lowest BCUT2D eigenvalue weighted by Crippen LogP contribution is -2.00. The van der Waals surface area contributed by atoms with Crippen LogP contribution < -0.4 is 0 Å². The molecular formula is C51H31N3O. The van der Waals surface area contributed by atoms with E-state index in [1.165, 1.54) is 37.9 Å². The number of benzene rings is 9. The zero-order valence-electron chi connectivity index (χ0n) is 29.6. The molecule has 0 aliphatic heterocycles. The van der Waals surface area contributed by atoms with Gasteiger partial charge >= 0.3 is 0 Å². The van der Waals surface area contributed by atoms with Gasteiger partial charge in [0.15, 0.2) is 17.5 Å². The summed E-state index contributed by atoms with van der Waals surface area (Å²) in [4.78, 5) is 15.0. The molecule has 0 atom stereocenters. The van der Waals surface area contributed by atoms with Crippen molar-refractivity contribution in [3.63, 3.8) is 0 Å². The van der Waals surface area contributed by atoms with Crippen molar-refractivity contribution in [1.82, 2.24) is 15.0 Å². The number of fused-ring (bicyclic) bond motifs is 9. The Hall–Kier alpha value is -7.43. The Balaban J connectivity index is 1.02. The molecule has 2 aromatic heterocycles. The zero-order valence-corrected chi connectivity index (χ0v) is 29.6. The van der Waals surface area contributed by atoms with Gasteiger partial charge in [0.2, 0.25) is 0 Å². The van der Waals surface area contributed by atoms with Crippen LogP contribution in [0.25, 0.3) is 111 Å². The Morgan fingerprint density at radius 2 is 0.673 bits per heavy atom. The van der Waals surface area contributed by atoms with Gasteiger partial charge in [-0.15, -0.1) is 0 Å². The first-order valence-electron chi connectivity index (χ1n) is 18.5. The first-order chi connectivity index (χ1) is 27.2. The highest BCUT2D eigenvalue weighted by molar-refractivity contribution is 6.25. The van der Waals surface area contributed by atoms with Gasteiger partial charge in [0.05, 0.1) is 0 Å². The molecule has 0 fully saturated rings. The van der Waals surface area contributed by atoms with Gasteiger partial charge < -0.3 is 4.42 Å². The third kappa shape index (κ3) is 5.34. The van der Waals surface area contributed by atoms with Crippen LogP contribution in [0.2, 0.25) is 0 Å². The Morgan fingerprint density at radius 1 is 0.236 bits per heavy atom. The fourth-order valence-corrected chi connectivity index (χ4v) is 8.00. The average Bonchev–Trinajstić information content (AvgIpc) is 3.64. The van der Waals surface area contributed by atoms with Crippen LogP contribution in [0.3, 0.4) is 0 Å². The van der Waals surface area contributed by atoms with Crippen molar-refractivity contribution in [2.24, 2.45) is 0 Å². The average molecular weight is 702 g/mol. The topological polar surface area (TPSA) is 51.8 Å². The SMILES string of the molecule is c1ccc(-c2cccc(-c3nc(-c4ccccc4)nc(-c4ccc5c(c4)oc4ccc(-c6ccc7c8ccccc8c8ccccc8c7c6)cc45)n3)c2)cc1. The number of hydrogen-bond acceptors (Lipinski definition) is 4.